The van der Waals surface area contributed by atoms with Gasteiger partial charge in [0.1, 0.15) is 5.82 Å². The van der Waals surface area contributed by atoms with Gasteiger partial charge < -0.3 is 14.9 Å². The number of benzene rings is 2. The predicted molar refractivity (Wildman–Crippen MR) is 128 cm³/mol. The van der Waals surface area contributed by atoms with Gasteiger partial charge in [-0.3, -0.25) is 0 Å². The van der Waals surface area contributed by atoms with Gasteiger partial charge in [0.2, 0.25) is 0 Å². The molecule has 0 spiro atoms. The molecular formula is C26H21F3N4O2. The fraction of sp³-hybridized carbons (Fsp3) is 0.192. The molecule has 178 valence electrons. The van der Waals surface area contributed by atoms with Gasteiger partial charge in [-0.05, 0) is 36.4 Å². The van der Waals surface area contributed by atoms with Gasteiger partial charge in [0, 0.05) is 43.3 Å². The average Bonchev–Trinajstić information content (AvgIpc) is 2.87. The van der Waals surface area contributed by atoms with Crippen LogP contribution in [-0.4, -0.2) is 47.2 Å². The highest BCUT2D eigenvalue weighted by Gasteiger charge is 2.36. The van der Waals surface area contributed by atoms with Crippen LogP contribution in [0.2, 0.25) is 0 Å². The van der Waals surface area contributed by atoms with Gasteiger partial charge in [-0.1, -0.05) is 30.3 Å². The molecule has 1 N–H and O–H groups in total. The molecule has 35 heavy (non-hydrogen) atoms. The summed E-state index contributed by atoms with van der Waals surface area (Å²) in [6, 6.07) is 18.7. The van der Waals surface area contributed by atoms with E-state index in [0.29, 0.717) is 37.1 Å². The summed E-state index contributed by atoms with van der Waals surface area (Å²) in [6.45, 7) is 1.61. The number of halogens is 3. The van der Waals surface area contributed by atoms with Crippen LogP contribution in [-0.2, 0) is 6.18 Å². The van der Waals surface area contributed by atoms with E-state index >= 15 is 0 Å². The van der Waals surface area contributed by atoms with Crippen LogP contribution in [0.3, 0.4) is 0 Å². The summed E-state index contributed by atoms with van der Waals surface area (Å²) < 4.78 is 40.5. The maximum atomic E-state index is 13.5. The number of aromatic carboxylic acids is 1. The van der Waals surface area contributed by atoms with Crippen LogP contribution in [0.15, 0.2) is 72.9 Å². The number of carboxylic acids is 1. The highest BCUT2D eigenvalue weighted by atomic mass is 19.4. The number of anilines is 2. The first-order valence-electron chi connectivity index (χ1n) is 11.1. The van der Waals surface area contributed by atoms with Crippen LogP contribution in [0.1, 0.15) is 15.9 Å². The van der Waals surface area contributed by atoms with Crippen molar-refractivity contribution in [3.8, 4) is 11.3 Å². The number of fused-ring (bicyclic) bond motifs is 1. The minimum absolute atomic E-state index is 0.0642. The van der Waals surface area contributed by atoms with Crippen molar-refractivity contribution in [1.29, 1.82) is 0 Å². The Labute approximate surface area is 199 Å². The lowest BCUT2D eigenvalue weighted by molar-refractivity contribution is -0.137. The van der Waals surface area contributed by atoms with E-state index in [0.717, 1.165) is 23.0 Å². The quantitative estimate of drug-likeness (QED) is 0.427. The molecule has 0 saturated carbocycles. The zero-order valence-electron chi connectivity index (χ0n) is 18.5. The topological polar surface area (TPSA) is 69.6 Å². The van der Waals surface area contributed by atoms with E-state index in [-0.39, 0.29) is 11.4 Å². The lowest BCUT2D eigenvalue weighted by Gasteiger charge is -2.38. The molecule has 6 nitrogen and oxygen atoms in total. The van der Waals surface area contributed by atoms with E-state index in [1.807, 2.05) is 36.4 Å². The normalized spacial score (nSPS) is 14.4. The summed E-state index contributed by atoms with van der Waals surface area (Å²) in [7, 11) is 0. The molecule has 1 aliphatic rings. The van der Waals surface area contributed by atoms with Crippen LogP contribution < -0.4 is 9.80 Å². The van der Waals surface area contributed by atoms with E-state index in [4.69, 9.17) is 4.98 Å². The van der Waals surface area contributed by atoms with E-state index in [1.165, 1.54) is 18.3 Å². The molecule has 2 aromatic heterocycles. The lowest BCUT2D eigenvalue weighted by Crippen LogP contribution is -2.47. The van der Waals surface area contributed by atoms with E-state index in [1.54, 1.807) is 17.0 Å². The minimum Gasteiger partial charge on any atom is -0.478 e. The summed E-state index contributed by atoms with van der Waals surface area (Å²) in [5.74, 6) is -1.09. The minimum atomic E-state index is -4.48. The van der Waals surface area contributed by atoms with Crippen molar-refractivity contribution in [2.24, 2.45) is 0 Å². The smallest absolute Gasteiger partial charge is 0.419 e. The maximum absolute atomic E-state index is 13.5. The van der Waals surface area contributed by atoms with Gasteiger partial charge in [0.25, 0.3) is 0 Å². The largest absolute Gasteiger partial charge is 0.478 e. The summed E-state index contributed by atoms with van der Waals surface area (Å²) in [5.41, 5.74) is 2.54. The third-order valence-electron chi connectivity index (χ3n) is 6.10. The molecule has 9 heteroatoms. The molecule has 1 saturated heterocycles. The van der Waals surface area contributed by atoms with E-state index in [2.05, 4.69) is 9.88 Å². The number of carbonyl (C=O) groups is 1. The standard InChI is InChI=1S/C26H21F3N4O2/c27-26(28,29)20-7-4-10-30-24(20)33-13-11-32(12-14-33)22-16-19-15-18(25(34)35)8-9-21(19)31-23(22)17-5-2-1-3-6-17/h1-10,15-16H,11-14H2,(H,34,35). The molecule has 3 heterocycles. The predicted octanol–water partition coefficient (Wildman–Crippen LogP) is 5.34. The second-order valence-electron chi connectivity index (χ2n) is 8.28. The second kappa shape index (κ2) is 8.90. The lowest BCUT2D eigenvalue weighted by atomic mass is 10.0. The number of pyridine rings is 2. The van der Waals surface area contributed by atoms with Crippen LogP contribution in [0.5, 0.6) is 0 Å². The Hall–Kier alpha value is -4.14. The van der Waals surface area contributed by atoms with Crippen LogP contribution in [0.25, 0.3) is 22.2 Å². The molecule has 0 atom stereocenters. The number of rotatable bonds is 4. The zero-order chi connectivity index (χ0) is 24.6. The Kier molecular flexibility index (Phi) is 5.76. The molecule has 0 radical (unpaired) electrons. The highest BCUT2D eigenvalue weighted by Crippen LogP contribution is 2.37. The van der Waals surface area contributed by atoms with Crippen molar-refractivity contribution in [1.82, 2.24) is 9.97 Å². The Morgan fingerprint density at radius 2 is 1.60 bits per heavy atom. The van der Waals surface area contributed by atoms with Crippen molar-refractivity contribution >= 4 is 28.4 Å². The third-order valence-corrected chi connectivity index (χ3v) is 6.10. The summed E-state index contributed by atoms with van der Waals surface area (Å²) in [5, 5.41) is 10.1. The molecule has 1 fully saturated rings. The van der Waals surface area contributed by atoms with Crippen molar-refractivity contribution in [3.63, 3.8) is 0 Å². The van der Waals surface area contributed by atoms with Crippen LogP contribution >= 0.6 is 0 Å². The van der Waals surface area contributed by atoms with Gasteiger partial charge >= 0.3 is 12.1 Å². The Bertz CT molecular complexity index is 1380. The van der Waals surface area contributed by atoms with Gasteiger partial charge in [0.15, 0.2) is 0 Å². The SMILES string of the molecule is O=C(O)c1ccc2nc(-c3ccccc3)c(N3CCN(c4ncccc4C(F)(F)F)CC3)cc2c1. The molecule has 0 amide bonds. The van der Waals surface area contributed by atoms with Crippen LogP contribution in [0, 0.1) is 0 Å². The monoisotopic (exact) mass is 478 g/mol. The van der Waals surface area contributed by atoms with Crippen molar-refractivity contribution in [2.75, 3.05) is 36.0 Å². The number of piperazine rings is 1. The summed E-state index contributed by atoms with van der Waals surface area (Å²) in [4.78, 5) is 24.0. The molecule has 0 unspecified atom stereocenters. The summed E-state index contributed by atoms with van der Waals surface area (Å²) >= 11 is 0. The fourth-order valence-electron chi connectivity index (χ4n) is 4.38. The third kappa shape index (κ3) is 4.49. The van der Waals surface area contributed by atoms with E-state index < -0.39 is 17.7 Å². The Balaban J connectivity index is 1.51. The second-order valence-corrected chi connectivity index (χ2v) is 8.28. The molecule has 0 bridgehead atoms. The fourth-order valence-corrected chi connectivity index (χ4v) is 4.38. The van der Waals surface area contributed by atoms with E-state index in [9.17, 15) is 23.1 Å². The molecular weight excluding hydrogens is 457 g/mol. The number of aromatic nitrogens is 2. The number of hydrogen-bond acceptors (Lipinski definition) is 5. The molecule has 5 rings (SSSR count). The molecule has 1 aliphatic heterocycles. The first-order valence-corrected chi connectivity index (χ1v) is 11.1. The molecule has 2 aromatic carbocycles. The number of carboxylic acid groups (broad SMARTS) is 1. The van der Waals surface area contributed by atoms with Gasteiger partial charge in [-0.15, -0.1) is 0 Å². The first-order chi connectivity index (χ1) is 16.8. The highest BCUT2D eigenvalue weighted by molar-refractivity contribution is 5.96. The number of alkyl halides is 3. The van der Waals surface area contributed by atoms with Crippen molar-refractivity contribution < 1.29 is 23.1 Å². The molecule has 0 aliphatic carbocycles. The van der Waals surface area contributed by atoms with Gasteiger partial charge in [-0.2, -0.15) is 13.2 Å². The average molecular weight is 478 g/mol. The maximum Gasteiger partial charge on any atom is 0.419 e. The first kappa shape index (κ1) is 22.6. The Morgan fingerprint density at radius 3 is 2.29 bits per heavy atom. The Morgan fingerprint density at radius 1 is 0.886 bits per heavy atom. The number of nitrogens with zero attached hydrogens (tertiary/aromatic N) is 4. The van der Waals surface area contributed by atoms with Crippen molar-refractivity contribution in [3.05, 3.63) is 84.1 Å². The number of hydrogen-bond donors (Lipinski definition) is 1. The zero-order valence-corrected chi connectivity index (χ0v) is 18.5. The molecule has 4 aromatic rings. The van der Waals surface area contributed by atoms with Crippen molar-refractivity contribution in [2.45, 2.75) is 6.18 Å². The summed E-state index contributed by atoms with van der Waals surface area (Å²) in [6.07, 6.45) is -3.11. The van der Waals surface area contributed by atoms with Crippen LogP contribution in [0.4, 0.5) is 24.7 Å². The van der Waals surface area contributed by atoms with Gasteiger partial charge in [0.05, 0.1) is 28.0 Å². The van der Waals surface area contributed by atoms with Gasteiger partial charge in [-0.25, -0.2) is 14.8 Å².